The molecule has 98 valence electrons. The number of amides is 2. The van der Waals surface area contributed by atoms with Crippen LogP contribution in [0.15, 0.2) is 0 Å². The largest absolute Gasteiger partial charge is 0.480 e. The van der Waals surface area contributed by atoms with Gasteiger partial charge in [0.15, 0.2) is 0 Å². The van der Waals surface area contributed by atoms with E-state index in [0.717, 1.165) is 0 Å². The number of aliphatic carboxylic acids is 1. The predicted octanol–water partition coefficient (Wildman–Crippen LogP) is -0.0160. The normalized spacial score (nSPS) is 12.4. The first kappa shape index (κ1) is 15.4. The maximum Gasteiger partial charge on any atom is 0.322 e. The molecule has 0 aromatic rings. The van der Waals surface area contributed by atoms with Gasteiger partial charge in [-0.1, -0.05) is 27.7 Å². The molecule has 0 saturated carbocycles. The van der Waals surface area contributed by atoms with Gasteiger partial charge in [0.05, 0.1) is 0 Å². The fraction of sp³-hybridized carbons (Fsp3) is 0.727. The van der Waals surface area contributed by atoms with Crippen LogP contribution >= 0.6 is 0 Å². The topological polar surface area (TPSA) is 95.5 Å². The van der Waals surface area contributed by atoms with Crippen molar-refractivity contribution in [3.63, 3.8) is 0 Å². The van der Waals surface area contributed by atoms with Crippen LogP contribution in [0, 0.1) is 11.8 Å². The highest BCUT2D eigenvalue weighted by Gasteiger charge is 2.25. The number of nitrogens with one attached hydrogen (secondary N) is 2. The van der Waals surface area contributed by atoms with Crippen LogP contribution in [-0.4, -0.2) is 35.5 Å². The Kier molecular flexibility index (Phi) is 6.23. The zero-order valence-corrected chi connectivity index (χ0v) is 10.6. The fourth-order valence-electron chi connectivity index (χ4n) is 1.13. The predicted molar refractivity (Wildman–Crippen MR) is 62.3 cm³/mol. The Bertz CT molecular complexity index is 300. The number of hydrogen-bond donors (Lipinski definition) is 3. The lowest BCUT2D eigenvalue weighted by Gasteiger charge is -2.22. The van der Waals surface area contributed by atoms with Crippen LogP contribution in [0.1, 0.15) is 27.7 Å². The van der Waals surface area contributed by atoms with Crippen molar-refractivity contribution in [3.05, 3.63) is 0 Å². The Morgan fingerprint density at radius 1 is 1.06 bits per heavy atom. The molecule has 17 heavy (non-hydrogen) atoms. The van der Waals surface area contributed by atoms with Crippen LogP contribution < -0.4 is 10.6 Å². The molecule has 0 saturated heterocycles. The van der Waals surface area contributed by atoms with E-state index < -0.39 is 24.5 Å². The van der Waals surface area contributed by atoms with Crippen molar-refractivity contribution in [2.24, 2.45) is 11.8 Å². The molecule has 2 amide bonds. The van der Waals surface area contributed by atoms with Crippen molar-refractivity contribution in [2.45, 2.75) is 33.7 Å². The summed E-state index contributed by atoms with van der Waals surface area (Å²) in [5.74, 6) is -2.14. The summed E-state index contributed by atoms with van der Waals surface area (Å²) >= 11 is 0. The number of carbonyl (C=O) groups is 3. The zero-order chi connectivity index (χ0) is 13.6. The van der Waals surface area contributed by atoms with Crippen LogP contribution in [0.25, 0.3) is 0 Å². The van der Waals surface area contributed by atoms with Gasteiger partial charge in [-0.2, -0.15) is 0 Å². The van der Waals surface area contributed by atoms with E-state index in [1.54, 1.807) is 27.7 Å². The molecule has 0 unspecified atom stereocenters. The van der Waals surface area contributed by atoms with E-state index in [1.165, 1.54) is 0 Å². The molecule has 0 aliphatic carbocycles. The minimum atomic E-state index is -1.11. The molecule has 0 aromatic heterocycles. The quantitative estimate of drug-likeness (QED) is 0.612. The molecule has 6 nitrogen and oxygen atoms in total. The van der Waals surface area contributed by atoms with E-state index in [-0.39, 0.29) is 17.7 Å². The molecule has 0 spiro atoms. The van der Waals surface area contributed by atoms with Crippen LogP contribution in [0.3, 0.4) is 0 Å². The van der Waals surface area contributed by atoms with Crippen molar-refractivity contribution >= 4 is 17.8 Å². The molecule has 1 atom stereocenters. The molecule has 0 heterocycles. The number of carboxylic acid groups (broad SMARTS) is 1. The van der Waals surface area contributed by atoms with Crippen molar-refractivity contribution in [1.82, 2.24) is 10.6 Å². The van der Waals surface area contributed by atoms with Crippen molar-refractivity contribution in [3.8, 4) is 0 Å². The van der Waals surface area contributed by atoms with Gasteiger partial charge >= 0.3 is 5.97 Å². The molecule has 0 aliphatic heterocycles. The standard InChI is InChI=1S/C11H20N2O4/c1-6(2)9(13-10(16)7(3)4)11(17)12-5-8(14)15/h6-7,9H,5H2,1-4H3,(H,12,17)(H,13,16)(H,14,15)/t9-/m0/s1. The third kappa shape index (κ3) is 5.89. The second kappa shape index (κ2) is 6.88. The minimum absolute atomic E-state index is 0.105. The summed E-state index contributed by atoms with van der Waals surface area (Å²) in [4.78, 5) is 33.5. The second-order valence-electron chi connectivity index (χ2n) is 4.50. The SMILES string of the molecule is CC(C)C(=O)N[C@H](C(=O)NCC(=O)O)C(C)C. The summed E-state index contributed by atoms with van der Waals surface area (Å²) in [5.41, 5.74) is 0. The number of carboxylic acids is 1. The Labute approximate surface area is 101 Å². The van der Waals surface area contributed by atoms with E-state index in [1.807, 2.05) is 0 Å². The molecular formula is C11H20N2O4. The van der Waals surface area contributed by atoms with Crippen LogP contribution in [-0.2, 0) is 14.4 Å². The highest BCUT2D eigenvalue weighted by molar-refractivity contribution is 5.90. The average Bonchev–Trinajstić information content (AvgIpc) is 2.21. The van der Waals surface area contributed by atoms with Gasteiger partial charge in [-0.25, -0.2) is 0 Å². The Morgan fingerprint density at radius 2 is 1.59 bits per heavy atom. The average molecular weight is 244 g/mol. The lowest BCUT2D eigenvalue weighted by molar-refractivity contribution is -0.138. The van der Waals surface area contributed by atoms with Gasteiger partial charge in [0.25, 0.3) is 0 Å². The first-order valence-corrected chi connectivity index (χ1v) is 5.55. The summed E-state index contributed by atoms with van der Waals surface area (Å²) < 4.78 is 0. The van der Waals surface area contributed by atoms with E-state index in [4.69, 9.17) is 5.11 Å². The van der Waals surface area contributed by atoms with Gasteiger partial charge in [0.2, 0.25) is 11.8 Å². The molecule has 0 aromatic carbocycles. The maximum atomic E-state index is 11.7. The van der Waals surface area contributed by atoms with Gasteiger partial charge < -0.3 is 15.7 Å². The van der Waals surface area contributed by atoms with Crippen LogP contribution in [0.4, 0.5) is 0 Å². The lowest BCUT2D eigenvalue weighted by Crippen LogP contribution is -2.51. The number of hydrogen-bond acceptors (Lipinski definition) is 3. The smallest absolute Gasteiger partial charge is 0.322 e. The van der Waals surface area contributed by atoms with E-state index in [2.05, 4.69) is 10.6 Å². The minimum Gasteiger partial charge on any atom is -0.480 e. The van der Waals surface area contributed by atoms with Gasteiger partial charge in [-0.15, -0.1) is 0 Å². The maximum absolute atomic E-state index is 11.7. The fourth-order valence-corrected chi connectivity index (χ4v) is 1.13. The lowest BCUT2D eigenvalue weighted by atomic mass is 10.0. The summed E-state index contributed by atoms with van der Waals surface area (Å²) in [6, 6.07) is -0.704. The molecular weight excluding hydrogens is 224 g/mol. The van der Waals surface area contributed by atoms with E-state index >= 15 is 0 Å². The van der Waals surface area contributed by atoms with Gasteiger partial charge in [-0.05, 0) is 5.92 Å². The van der Waals surface area contributed by atoms with E-state index in [9.17, 15) is 14.4 Å². The van der Waals surface area contributed by atoms with Gasteiger partial charge in [0, 0.05) is 5.92 Å². The molecule has 0 fully saturated rings. The monoisotopic (exact) mass is 244 g/mol. The van der Waals surface area contributed by atoms with Crippen molar-refractivity contribution < 1.29 is 19.5 Å². The Balaban J connectivity index is 4.47. The first-order chi connectivity index (χ1) is 7.75. The summed E-state index contributed by atoms with van der Waals surface area (Å²) in [5, 5.41) is 13.3. The van der Waals surface area contributed by atoms with Crippen LogP contribution in [0.2, 0.25) is 0 Å². The third-order valence-electron chi connectivity index (χ3n) is 2.19. The Hall–Kier alpha value is -1.59. The molecule has 0 aliphatic rings. The summed E-state index contributed by atoms with van der Waals surface area (Å²) in [6.07, 6.45) is 0. The summed E-state index contributed by atoms with van der Waals surface area (Å²) in [6.45, 7) is 6.57. The number of rotatable bonds is 6. The molecule has 0 bridgehead atoms. The molecule has 3 N–H and O–H groups in total. The molecule has 6 heteroatoms. The first-order valence-electron chi connectivity index (χ1n) is 5.55. The second-order valence-corrected chi connectivity index (χ2v) is 4.50. The zero-order valence-electron chi connectivity index (χ0n) is 10.6. The van der Waals surface area contributed by atoms with Crippen molar-refractivity contribution in [1.29, 1.82) is 0 Å². The Morgan fingerprint density at radius 3 is 1.94 bits per heavy atom. The van der Waals surface area contributed by atoms with Gasteiger partial charge in [0.1, 0.15) is 12.6 Å². The highest BCUT2D eigenvalue weighted by atomic mass is 16.4. The van der Waals surface area contributed by atoms with Crippen molar-refractivity contribution in [2.75, 3.05) is 6.54 Å². The third-order valence-corrected chi connectivity index (χ3v) is 2.19. The van der Waals surface area contributed by atoms with Gasteiger partial charge in [-0.3, -0.25) is 14.4 Å². The number of carbonyl (C=O) groups excluding carboxylic acids is 2. The molecule has 0 rings (SSSR count). The summed E-state index contributed by atoms with van der Waals surface area (Å²) in [7, 11) is 0. The van der Waals surface area contributed by atoms with E-state index in [0.29, 0.717) is 0 Å². The highest BCUT2D eigenvalue weighted by Crippen LogP contribution is 2.03. The molecule has 0 radical (unpaired) electrons. The van der Waals surface area contributed by atoms with Crippen LogP contribution in [0.5, 0.6) is 0 Å².